The molecule has 0 aliphatic carbocycles. The number of hydrogen-bond acceptors (Lipinski definition) is 5. The zero-order valence-electron chi connectivity index (χ0n) is 12.2. The molecule has 0 saturated heterocycles. The van der Waals surface area contributed by atoms with Gasteiger partial charge in [0, 0.05) is 18.3 Å². The van der Waals surface area contributed by atoms with Gasteiger partial charge in [0.2, 0.25) is 0 Å². The number of phenolic OH excluding ortho intramolecular Hbond substituents is 1. The van der Waals surface area contributed by atoms with E-state index in [2.05, 4.69) is 4.99 Å². The van der Waals surface area contributed by atoms with Crippen molar-refractivity contribution in [3.8, 4) is 11.5 Å². The van der Waals surface area contributed by atoms with E-state index in [1.54, 1.807) is 12.1 Å². The lowest BCUT2D eigenvalue weighted by atomic mass is 10.1. The Morgan fingerprint density at radius 2 is 2.05 bits per heavy atom. The molecule has 6 nitrogen and oxygen atoms in total. The first-order valence-electron chi connectivity index (χ1n) is 6.74. The average Bonchev–Trinajstić information content (AvgIpc) is 2.49. The van der Waals surface area contributed by atoms with Crippen molar-refractivity contribution < 1.29 is 15.1 Å². The van der Waals surface area contributed by atoms with Crippen molar-refractivity contribution in [3.63, 3.8) is 0 Å². The third-order valence-corrected chi connectivity index (χ3v) is 3.29. The summed E-state index contributed by atoms with van der Waals surface area (Å²) in [7, 11) is 0. The zero-order valence-corrected chi connectivity index (χ0v) is 12.2. The van der Waals surface area contributed by atoms with E-state index in [1.807, 2.05) is 6.92 Å². The number of hydrogen-bond donors (Lipinski definition) is 1. The van der Waals surface area contributed by atoms with E-state index in [9.17, 15) is 20.3 Å². The fourth-order valence-corrected chi connectivity index (χ4v) is 2.01. The van der Waals surface area contributed by atoms with Crippen molar-refractivity contribution >= 4 is 17.6 Å². The van der Waals surface area contributed by atoms with Gasteiger partial charge in [-0.15, -0.1) is 0 Å². The molecule has 6 heteroatoms. The van der Waals surface area contributed by atoms with Gasteiger partial charge in [0.25, 0.3) is 5.69 Å². The van der Waals surface area contributed by atoms with Gasteiger partial charge in [-0.1, -0.05) is 24.3 Å². The van der Waals surface area contributed by atoms with Gasteiger partial charge in [-0.25, -0.2) is 0 Å². The molecular weight excluding hydrogens is 284 g/mol. The fourth-order valence-electron chi connectivity index (χ4n) is 2.01. The fraction of sp³-hybridized carbons (Fsp3) is 0.188. The highest BCUT2D eigenvalue weighted by atomic mass is 16.6. The smallest absolute Gasteiger partial charge is 0.270 e. The lowest BCUT2D eigenvalue weighted by Gasteiger charge is -2.13. The van der Waals surface area contributed by atoms with Gasteiger partial charge < -0.3 is 10.2 Å². The summed E-state index contributed by atoms with van der Waals surface area (Å²) >= 11 is 0. The number of aryl methyl sites for hydroxylation is 2. The second-order valence-electron chi connectivity index (χ2n) is 4.87. The van der Waals surface area contributed by atoms with E-state index < -0.39 is 4.92 Å². The van der Waals surface area contributed by atoms with E-state index in [-0.39, 0.29) is 28.3 Å². The van der Waals surface area contributed by atoms with Crippen molar-refractivity contribution in [2.24, 2.45) is 4.99 Å². The molecular formula is C16H15N2O4-. The number of nitro groups is 1. The number of aromatic hydroxyl groups is 1. The van der Waals surface area contributed by atoms with Crippen LogP contribution in [0.2, 0.25) is 0 Å². The van der Waals surface area contributed by atoms with Crippen molar-refractivity contribution in [2.45, 2.75) is 20.3 Å². The van der Waals surface area contributed by atoms with Crippen LogP contribution in [-0.2, 0) is 6.42 Å². The van der Waals surface area contributed by atoms with Crippen LogP contribution in [0.25, 0.3) is 0 Å². The predicted octanol–water partition coefficient (Wildman–Crippen LogP) is 3.00. The summed E-state index contributed by atoms with van der Waals surface area (Å²) < 4.78 is 0. The largest absolute Gasteiger partial charge is 0.872 e. The van der Waals surface area contributed by atoms with Crippen LogP contribution >= 0.6 is 0 Å². The Morgan fingerprint density at radius 1 is 1.32 bits per heavy atom. The summed E-state index contributed by atoms with van der Waals surface area (Å²) in [6.45, 7) is 3.49. The second kappa shape index (κ2) is 6.26. The molecule has 1 N–H and O–H groups in total. The van der Waals surface area contributed by atoms with Crippen LogP contribution < -0.4 is 5.11 Å². The summed E-state index contributed by atoms with van der Waals surface area (Å²) in [5, 5.41) is 32.6. The minimum atomic E-state index is -0.557. The van der Waals surface area contributed by atoms with E-state index >= 15 is 0 Å². The summed E-state index contributed by atoms with van der Waals surface area (Å²) in [6, 6.07) is 7.43. The van der Waals surface area contributed by atoms with Crippen molar-refractivity contribution in [3.05, 3.63) is 57.1 Å². The maximum atomic E-state index is 12.0. The zero-order chi connectivity index (χ0) is 16.3. The van der Waals surface area contributed by atoms with Gasteiger partial charge in [-0.3, -0.25) is 15.1 Å². The lowest BCUT2D eigenvalue weighted by Crippen LogP contribution is -2.01. The summed E-state index contributed by atoms with van der Waals surface area (Å²) in [4.78, 5) is 14.4. The normalized spacial score (nSPS) is 11.0. The molecule has 0 unspecified atom stereocenters. The van der Waals surface area contributed by atoms with Crippen LogP contribution in [0.4, 0.5) is 11.4 Å². The number of non-ortho nitro benzene ring substituents is 1. The quantitative estimate of drug-likeness (QED) is 0.533. The number of benzene rings is 2. The molecule has 0 saturated carbocycles. The molecule has 0 fully saturated rings. The van der Waals surface area contributed by atoms with E-state index in [1.165, 1.54) is 31.3 Å². The maximum Gasteiger partial charge on any atom is 0.270 e. The van der Waals surface area contributed by atoms with Gasteiger partial charge in [0.15, 0.2) is 0 Å². The molecule has 0 bridgehead atoms. The molecule has 0 spiro atoms. The van der Waals surface area contributed by atoms with Gasteiger partial charge in [0.05, 0.1) is 4.92 Å². The number of nitrogens with zero attached hydrogens (tertiary/aromatic N) is 2. The first-order valence-corrected chi connectivity index (χ1v) is 6.74. The Labute approximate surface area is 127 Å². The Morgan fingerprint density at radius 3 is 2.68 bits per heavy atom. The highest BCUT2D eigenvalue weighted by Gasteiger charge is 2.09. The Kier molecular flexibility index (Phi) is 4.41. The third kappa shape index (κ3) is 3.22. The molecule has 2 aromatic rings. The molecule has 0 radical (unpaired) electrons. The average molecular weight is 299 g/mol. The van der Waals surface area contributed by atoms with Gasteiger partial charge >= 0.3 is 0 Å². The molecule has 0 atom stereocenters. The van der Waals surface area contributed by atoms with Crippen molar-refractivity contribution in [1.29, 1.82) is 0 Å². The highest BCUT2D eigenvalue weighted by Crippen LogP contribution is 2.29. The first kappa shape index (κ1) is 15.5. The van der Waals surface area contributed by atoms with E-state index in [0.717, 1.165) is 12.0 Å². The monoisotopic (exact) mass is 299 g/mol. The summed E-state index contributed by atoms with van der Waals surface area (Å²) in [5.41, 5.74) is 1.55. The van der Waals surface area contributed by atoms with Crippen LogP contribution in [0.5, 0.6) is 11.5 Å². The third-order valence-electron chi connectivity index (χ3n) is 3.29. The number of nitro benzene ring substituents is 1. The predicted molar refractivity (Wildman–Crippen MR) is 82.0 cm³/mol. The van der Waals surface area contributed by atoms with Crippen LogP contribution in [0.15, 0.2) is 35.3 Å². The molecule has 22 heavy (non-hydrogen) atoms. The molecule has 0 aromatic heterocycles. The number of aliphatic imine (C=N–C) groups is 1. The molecule has 2 rings (SSSR count). The van der Waals surface area contributed by atoms with Crippen molar-refractivity contribution in [1.82, 2.24) is 0 Å². The molecule has 0 heterocycles. The molecule has 0 aliphatic rings. The van der Waals surface area contributed by atoms with Crippen LogP contribution in [-0.4, -0.2) is 16.2 Å². The molecule has 0 amide bonds. The Balaban J connectivity index is 2.44. The van der Waals surface area contributed by atoms with Crippen LogP contribution in [0, 0.1) is 17.0 Å². The van der Waals surface area contributed by atoms with Gasteiger partial charge in [-0.05, 0) is 36.6 Å². The topological polar surface area (TPSA) is 98.8 Å². The maximum absolute atomic E-state index is 12.0. The van der Waals surface area contributed by atoms with Crippen LogP contribution in [0.3, 0.4) is 0 Å². The minimum absolute atomic E-state index is 0.0111. The summed E-state index contributed by atoms with van der Waals surface area (Å²) in [6.07, 6.45) is 2.03. The SMILES string of the molecule is CCc1ccc(O)c(N=Cc2cc([N+](=O)[O-])cc(C)c2[O-])c1. The number of rotatable bonds is 4. The number of phenols is 1. The van der Waals surface area contributed by atoms with E-state index in [0.29, 0.717) is 5.69 Å². The minimum Gasteiger partial charge on any atom is -0.872 e. The standard InChI is InChI=1S/C16H16N2O4/c1-3-11-4-5-15(19)14(7-11)17-9-12-8-13(18(21)22)6-10(2)16(12)20/h4-9,19-20H,3H2,1-2H3/p-1. The highest BCUT2D eigenvalue weighted by molar-refractivity contribution is 5.87. The molecule has 0 aliphatic heterocycles. The van der Waals surface area contributed by atoms with Gasteiger partial charge in [0.1, 0.15) is 11.4 Å². The van der Waals surface area contributed by atoms with Gasteiger partial charge in [-0.2, -0.15) is 0 Å². The Bertz CT molecular complexity index is 754. The molecule has 114 valence electrons. The van der Waals surface area contributed by atoms with E-state index in [4.69, 9.17) is 0 Å². The van der Waals surface area contributed by atoms with Crippen LogP contribution in [0.1, 0.15) is 23.6 Å². The van der Waals surface area contributed by atoms with Crippen molar-refractivity contribution in [2.75, 3.05) is 0 Å². The molecule has 2 aromatic carbocycles. The first-order chi connectivity index (χ1) is 10.4. The second-order valence-corrected chi connectivity index (χ2v) is 4.87. The summed E-state index contributed by atoms with van der Waals surface area (Å²) in [5.74, 6) is -0.330. The lowest BCUT2D eigenvalue weighted by molar-refractivity contribution is -0.385. The Hall–Kier alpha value is -2.89.